The molecular formula is C17H26O. The maximum atomic E-state index is 11.9. The molecule has 0 heterocycles. The third kappa shape index (κ3) is 5.48. The number of hydrogen-bond acceptors (Lipinski definition) is 1. The summed E-state index contributed by atoms with van der Waals surface area (Å²) in [5, 5.41) is 0. The molecule has 0 bridgehead atoms. The van der Waals surface area contributed by atoms with Gasteiger partial charge in [0.1, 0.15) is 0 Å². The summed E-state index contributed by atoms with van der Waals surface area (Å²) in [5.41, 5.74) is 2.22. The molecule has 18 heavy (non-hydrogen) atoms. The zero-order chi connectivity index (χ0) is 13.4. The van der Waals surface area contributed by atoms with Crippen molar-refractivity contribution in [2.24, 2.45) is 5.92 Å². The van der Waals surface area contributed by atoms with E-state index in [1.165, 1.54) is 31.2 Å². The molecule has 0 spiro atoms. The molecule has 100 valence electrons. The van der Waals surface area contributed by atoms with Gasteiger partial charge in [-0.1, -0.05) is 64.3 Å². The number of hydrogen-bond donors (Lipinski definition) is 0. The van der Waals surface area contributed by atoms with E-state index in [0.29, 0.717) is 12.3 Å². The Morgan fingerprint density at radius 1 is 1.06 bits per heavy atom. The lowest BCUT2D eigenvalue weighted by molar-refractivity contribution is 0.0968. The fourth-order valence-electron chi connectivity index (χ4n) is 2.10. The van der Waals surface area contributed by atoms with Gasteiger partial charge in [0, 0.05) is 12.0 Å². The van der Waals surface area contributed by atoms with Gasteiger partial charge in [0.15, 0.2) is 5.78 Å². The third-order valence-electron chi connectivity index (χ3n) is 3.19. The van der Waals surface area contributed by atoms with E-state index in [0.717, 1.165) is 12.0 Å². The van der Waals surface area contributed by atoms with Crippen LogP contribution in [0.5, 0.6) is 0 Å². The van der Waals surface area contributed by atoms with Crippen LogP contribution in [-0.4, -0.2) is 5.78 Å². The quantitative estimate of drug-likeness (QED) is 0.464. The first-order valence-corrected chi connectivity index (χ1v) is 7.25. The highest BCUT2D eigenvalue weighted by atomic mass is 16.1. The Kier molecular flexibility index (Phi) is 6.70. The summed E-state index contributed by atoms with van der Waals surface area (Å²) >= 11 is 0. The van der Waals surface area contributed by atoms with Gasteiger partial charge in [0.2, 0.25) is 0 Å². The first kappa shape index (κ1) is 14.9. The van der Waals surface area contributed by atoms with Gasteiger partial charge in [-0.25, -0.2) is 0 Å². The minimum Gasteiger partial charge on any atom is -0.294 e. The molecule has 0 unspecified atom stereocenters. The Hall–Kier alpha value is -1.11. The maximum Gasteiger partial charge on any atom is 0.163 e. The summed E-state index contributed by atoms with van der Waals surface area (Å²) < 4.78 is 0. The average molecular weight is 246 g/mol. The number of carbonyl (C=O) groups is 1. The Balaban J connectivity index is 2.44. The fourth-order valence-corrected chi connectivity index (χ4v) is 2.10. The van der Waals surface area contributed by atoms with Crippen LogP contribution in [0.2, 0.25) is 0 Å². The van der Waals surface area contributed by atoms with Crippen molar-refractivity contribution in [1.82, 2.24) is 0 Å². The Labute approximate surface area is 112 Å². The van der Waals surface area contributed by atoms with E-state index in [1.54, 1.807) is 0 Å². The summed E-state index contributed by atoms with van der Waals surface area (Å²) in [7, 11) is 0. The largest absolute Gasteiger partial charge is 0.294 e. The number of aryl methyl sites for hydroxylation is 1. The monoisotopic (exact) mass is 246 g/mol. The predicted octanol–water partition coefficient (Wildman–Crippen LogP) is 5.04. The highest BCUT2D eigenvalue weighted by Gasteiger charge is 2.07. The van der Waals surface area contributed by atoms with Crippen molar-refractivity contribution in [2.75, 3.05) is 0 Å². The van der Waals surface area contributed by atoms with E-state index in [-0.39, 0.29) is 5.78 Å². The predicted molar refractivity (Wildman–Crippen MR) is 78.1 cm³/mol. The Morgan fingerprint density at radius 3 is 2.28 bits per heavy atom. The molecule has 1 rings (SSSR count). The molecule has 0 aliphatic carbocycles. The Bertz CT molecular complexity index is 348. The van der Waals surface area contributed by atoms with Crippen molar-refractivity contribution in [3.63, 3.8) is 0 Å². The summed E-state index contributed by atoms with van der Waals surface area (Å²) in [6.07, 6.45) is 6.96. The van der Waals surface area contributed by atoms with E-state index >= 15 is 0 Å². The molecule has 1 nitrogen and oxygen atoms in total. The minimum absolute atomic E-state index is 0.266. The normalized spacial score (nSPS) is 10.9. The van der Waals surface area contributed by atoms with Gasteiger partial charge in [-0.05, 0) is 24.3 Å². The van der Waals surface area contributed by atoms with Crippen molar-refractivity contribution in [2.45, 2.75) is 59.3 Å². The highest BCUT2D eigenvalue weighted by molar-refractivity contribution is 5.96. The van der Waals surface area contributed by atoms with Crippen LogP contribution in [0.4, 0.5) is 0 Å². The van der Waals surface area contributed by atoms with Crippen LogP contribution in [0.25, 0.3) is 0 Å². The second-order valence-electron chi connectivity index (χ2n) is 5.53. The molecule has 0 N–H and O–H groups in total. The molecule has 0 atom stereocenters. The van der Waals surface area contributed by atoms with Crippen LogP contribution in [0, 0.1) is 5.92 Å². The SMILES string of the molecule is CCCCCCc1ccc(C(=O)CC(C)C)cc1. The standard InChI is InChI=1S/C17H26O/c1-4-5-6-7-8-15-9-11-16(12-10-15)17(18)13-14(2)3/h9-12,14H,4-8,13H2,1-3H3. The van der Waals surface area contributed by atoms with E-state index in [4.69, 9.17) is 0 Å². The molecule has 0 radical (unpaired) electrons. The van der Waals surface area contributed by atoms with Crippen molar-refractivity contribution in [3.05, 3.63) is 35.4 Å². The first-order chi connectivity index (χ1) is 8.63. The smallest absolute Gasteiger partial charge is 0.163 e. The third-order valence-corrected chi connectivity index (χ3v) is 3.19. The van der Waals surface area contributed by atoms with Gasteiger partial charge in [0.05, 0.1) is 0 Å². The molecule has 0 amide bonds. The number of rotatable bonds is 8. The van der Waals surface area contributed by atoms with Crippen LogP contribution in [0.15, 0.2) is 24.3 Å². The molecule has 0 saturated heterocycles. The lowest BCUT2D eigenvalue weighted by Gasteiger charge is -2.05. The Morgan fingerprint density at radius 2 is 1.72 bits per heavy atom. The topological polar surface area (TPSA) is 17.1 Å². The van der Waals surface area contributed by atoms with E-state index < -0.39 is 0 Å². The van der Waals surface area contributed by atoms with Crippen molar-refractivity contribution < 1.29 is 4.79 Å². The molecule has 0 aliphatic heterocycles. The van der Waals surface area contributed by atoms with Crippen LogP contribution >= 0.6 is 0 Å². The van der Waals surface area contributed by atoms with Crippen LogP contribution in [-0.2, 0) is 6.42 Å². The summed E-state index contributed by atoms with van der Waals surface area (Å²) in [4.78, 5) is 11.9. The summed E-state index contributed by atoms with van der Waals surface area (Å²) in [6, 6.07) is 8.19. The second kappa shape index (κ2) is 8.07. The summed E-state index contributed by atoms with van der Waals surface area (Å²) in [5.74, 6) is 0.703. The number of benzene rings is 1. The van der Waals surface area contributed by atoms with Gasteiger partial charge in [-0.2, -0.15) is 0 Å². The minimum atomic E-state index is 0.266. The van der Waals surface area contributed by atoms with Crippen molar-refractivity contribution in [3.8, 4) is 0 Å². The zero-order valence-electron chi connectivity index (χ0n) is 12.0. The molecule has 0 fully saturated rings. The van der Waals surface area contributed by atoms with E-state index in [9.17, 15) is 4.79 Å². The fraction of sp³-hybridized carbons (Fsp3) is 0.588. The van der Waals surface area contributed by atoms with Gasteiger partial charge >= 0.3 is 0 Å². The van der Waals surface area contributed by atoms with Crippen LogP contribution in [0.1, 0.15) is 68.8 Å². The van der Waals surface area contributed by atoms with Crippen molar-refractivity contribution >= 4 is 5.78 Å². The van der Waals surface area contributed by atoms with Crippen LogP contribution in [0.3, 0.4) is 0 Å². The molecule has 0 aromatic heterocycles. The number of ketones is 1. The van der Waals surface area contributed by atoms with Gasteiger partial charge in [-0.3, -0.25) is 4.79 Å². The van der Waals surface area contributed by atoms with E-state index in [1.807, 2.05) is 12.1 Å². The number of Topliss-reactive ketones (excluding diaryl/α,β-unsaturated/α-hetero) is 1. The lowest BCUT2D eigenvalue weighted by Crippen LogP contribution is -2.03. The first-order valence-electron chi connectivity index (χ1n) is 7.25. The molecule has 1 aromatic carbocycles. The average Bonchev–Trinajstić information content (AvgIpc) is 2.34. The number of unbranched alkanes of at least 4 members (excludes halogenated alkanes) is 3. The molecule has 0 saturated carbocycles. The van der Waals surface area contributed by atoms with E-state index in [2.05, 4.69) is 32.9 Å². The second-order valence-corrected chi connectivity index (χ2v) is 5.53. The lowest BCUT2D eigenvalue weighted by atomic mass is 9.99. The maximum absolute atomic E-state index is 11.9. The van der Waals surface area contributed by atoms with Crippen molar-refractivity contribution in [1.29, 1.82) is 0 Å². The summed E-state index contributed by atoms with van der Waals surface area (Å²) in [6.45, 7) is 6.40. The number of carbonyl (C=O) groups excluding carboxylic acids is 1. The van der Waals surface area contributed by atoms with Crippen LogP contribution < -0.4 is 0 Å². The highest BCUT2D eigenvalue weighted by Crippen LogP contribution is 2.13. The zero-order valence-corrected chi connectivity index (χ0v) is 12.0. The molecular weight excluding hydrogens is 220 g/mol. The molecule has 1 heteroatoms. The molecule has 0 aliphatic rings. The molecule has 1 aromatic rings. The van der Waals surface area contributed by atoms with Gasteiger partial charge in [0.25, 0.3) is 0 Å². The van der Waals surface area contributed by atoms with Gasteiger partial charge < -0.3 is 0 Å². The van der Waals surface area contributed by atoms with Gasteiger partial charge in [-0.15, -0.1) is 0 Å².